The minimum Gasteiger partial charge on any atom is -0.387 e. The number of hydrogen-bond donors (Lipinski definition) is 1. The molecule has 2 aromatic rings. The fourth-order valence-corrected chi connectivity index (χ4v) is 2.67. The van der Waals surface area contributed by atoms with E-state index in [9.17, 15) is 13.9 Å². The number of hydrogen-bond acceptors (Lipinski definition) is 4. The van der Waals surface area contributed by atoms with Gasteiger partial charge in [-0.3, -0.25) is 0 Å². The molecule has 0 amide bonds. The lowest BCUT2D eigenvalue weighted by Crippen LogP contribution is -2.05. The van der Waals surface area contributed by atoms with Crippen LogP contribution in [0.4, 0.5) is 8.78 Å². The monoisotopic (exact) mass is 284 g/mol. The van der Waals surface area contributed by atoms with E-state index in [0.717, 1.165) is 23.3 Å². The molecule has 0 saturated carbocycles. The fraction of sp³-hybridized carbons (Fsp3) is 0.385. The molecule has 1 unspecified atom stereocenters. The van der Waals surface area contributed by atoms with Crippen LogP contribution in [-0.2, 0) is 6.42 Å². The van der Waals surface area contributed by atoms with E-state index >= 15 is 0 Å². The van der Waals surface area contributed by atoms with Gasteiger partial charge in [-0.2, -0.15) is 0 Å². The predicted octanol–water partition coefficient (Wildman–Crippen LogP) is 3.22. The standard InChI is InChI=1S/C13H14F2N2OS/c1-7(2)12-13(19-17-16-12)11(18)5-8-3-9(14)6-10(15)4-8/h3-4,6-7,11,18H,5H2,1-2H3. The van der Waals surface area contributed by atoms with E-state index in [4.69, 9.17) is 0 Å². The summed E-state index contributed by atoms with van der Waals surface area (Å²) < 4.78 is 30.0. The Morgan fingerprint density at radius 2 is 1.84 bits per heavy atom. The maximum Gasteiger partial charge on any atom is 0.126 e. The van der Waals surface area contributed by atoms with Crippen molar-refractivity contribution in [2.45, 2.75) is 32.3 Å². The van der Waals surface area contributed by atoms with Gasteiger partial charge in [-0.25, -0.2) is 8.78 Å². The molecule has 1 aromatic heterocycles. The molecule has 0 radical (unpaired) electrons. The van der Waals surface area contributed by atoms with Crippen molar-refractivity contribution in [1.29, 1.82) is 0 Å². The summed E-state index contributed by atoms with van der Waals surface area (Å²) in [7, 11) is 0. The van der Waals surface area contributed by atoms with E-state index in [1.165, 1.54) is 12.1 Å². The minimum atomic E-state index is -0.849. The van der Waals surface area contributed by atoms with Gasteiger partial charge in [0.25, 0.3) is 0 Å². The van der Waals surface area contributed by atoms with E-state index in [0.29, 0.717) is 10.4 Å². The number of benzene rings is 1. The van der Waals surface area contributed by atoms with Crippen molar-refractivity contribution < 1.29 is 13.9 Å². The lowest BCUT2D eigenvalue weighted by molar-refractivity contribution is 0.180. The second kappa shape index (κ2) is 5.71. The van der Waals surface area contributed by atoms with Crippen molar-refractivity contribution in [3.63, 3.8) is 0 Å². The summed E-state index contributed by atoms with van der Waals surface area (Å²) in [6.45, 7) is 3.91. The van der Waals surface area contributed by atoms with Crippen molar-refractivity contribution >= 4 is 11.5 Å². The molecule has 0 bridgehead atoms. The molecular weight excluding hydrogens is 270 g/mol. The zero-order valence-corrected chi connectivity index (χ0v) is 11.4. The quantitative estimate of drug-likeness (QED) is 0.937. The van der Waals surface area contributed by atoms with Gasteiger partial charge < -0.3 is 5.11 Å². The van der Waals surface area contributed by atoms with Gasteiger partial charge in [-0.1, -0.05) is 18.3 Å². The molecule has 1 heterocycles. The highest BCUT2D eigenvalue weighted by atomic mass is 32.1. The fourth-order valence-electron chi connectivity index (χ4n) is 1.88. The molecule has 1 N–H and O–H groups in total. The van der Waals surface area contributed by atoms with Crippen LogP contribution in [0.1, 0.15) is 42.0 Å². The van der Waals surface area contributed by atoms with Gasteiger partial charge in [-0.15, -0.1) is 5.10 Å². The molecule has 0 aliphatic heterocycles. The Balaban J connectivity index is 2.20. The van der Waals surface area contributed by atoms with Crippen LogP contribution in [0.25, 0.3) is 0 Å². The summed E-state index contributed by atoms with van der Waals surface area (Å²) in [4.78, 5) is 0.652. The Kier molecular flexibility index (Phi) is 4.21. The summed E-state index contributed by atoms with van der Waals surface area (Å²) >= 11 is 1.12. The number of rotatable bonds is 4. The Morgan fingerprint density at radius 1 is 1.21 bits per heavy atom. The summed E-state index contributed by atoms with van der Waals surface area (Å²) in [6.07, 6.45) is -0.711. The van der Waals surface area contributed by atoms with E-state index < -0.39 is 17.7 Å². The molecule has 6 heteroatoms. The summed E-state index contributed by atoms with van der Waals surface area (Å²) in [5.41, 5.74) is 1.14. The van der Waals surface area contributed by atoms with Gasteiger partial charge in [-0.05, 0) is 35.1 Å². The zero-order chi connectivity index (χ0) is 14.0. The van der Waals surface area contributed by atoms with Crippen molar-refractivity contribution in [2.24, 2.45) is 0 Å². The van der Waals surface area contributed by atoms with Gasteiger partial charge in [0.05, 0.1) is 16.7 Å². The first-order chi connectivity index (χ1) is 8.97. The van der Waals surface area contributed by atoms with Crippen LogP contribution in [-0.4, -0.2) is 14.7 Å². The van der Waals surface area contributed by atoms with Crippen molar-refractivity contribution in [3.8, 4) is 0 Å². The normalized spacial score (nSPS) is 12.9. The highest BCUT2D eigenvalue weighted by Crippen LogP contribution is 2.28. The average molecular weight is 284 g/mol. The third-order valence-corrected chi connectivity index (χ3v) is 3.58. The van der Waals surface area contributed by atoms with Gasteiger partial charge in [0.1, 0.15) is 11.6 Å². The molecule has 0 saturated heterocycles. The molecule has 1 aromatic carbocycles. The van der Waals surface area contributed by atoms with E-state index in [1.54, 1.807) is 0 Å². The summed E-state index contributed by atoms with van der Waals surface area (Å²) in [5, 5.41) is 14.1. The van der Waals surface area contributed by atoms with Gasteiger partial charge in [0.15, 0.2) is 0 Å². The van der Waals surface area contributed by atoms with Crippen molar-refractivity contribution in [2.75, 3.05) is 0 Å². The van der Waals surface area contributed by atoms with Crippen LogP contribution in [0.5, 0.6) is 0 Å². The maximum absolute atomic E-state index is 13.1. The number of aromatic nitrogens is 2. The smallest absolute Gasteiger partial charge is 0.126 e. The van der Waals surface area contributed by atoms with E-state index in [1.807, 2.05) is 13.8 Å². The SMILES string of the molecule is CC(C)c1nnsc1C(O)Cc1cc(F)cc(F)c1. The van der Waals surface area contributed by atoms with Crippen molar-refractivity contribution in [3.05, 3.63) is 46.0 Å². The van der Waals surface area contributed by atoms with E-state index in [-0.39, 0.29) is 12.3 Å². The summed E-state index contributed by atoms with van der Waals surface area (Å²) in [5.74, 6) is -1.14. The van der Waals surface area contributed by atoms with Crippen LogP contribution in [0.3, 0.4) is 0 Å². The molecule has 0 aliphatic carbocycles. The summed E-state index contributed by atoms with van der Waals surface area (Å²) in [6, 6.07) is 3.25. The van der Waals surface area contributed by atoms with Crippen LogP contribution in [0, 0.1) is 11.6 Å². The molecule has 102 valence electrons. The average Bonchev–Trinajstić information content (AvgIpc) is 2.75. The number of aliphatic hydroxyl groups excluding tert-OH is 1. The lowest BCUT2D eigenvalue weighted by Gasteiger charge is -2.11. The van der Waals surface area contributed by atoms with Crippen molar-refractivity contribution in [1.82, 2.24) is 9.59 Å². The maximum atomic E-state index is 13.1. The second-order valence-corrected chi connectivity index (χ2v) is 5.46. The molecule has 0 spiro atoms. The largest absolute Gasteiger partial charge is 0.387 e. The third-order valence-electron chi connectivity index (χ3n) is 2.74. The molecule has 0 aliphatic rings. The molecule has 3 nitrogen and oxygen atoms in total. The molecule has 2 rings (SSSR count). The second-order valence-electron chi connectivity index (χ2n) is 4.67. The molecule has 1 atom stereocenters. The Morgan fingerprint density at radius 3 is 2.42 bits per heavy atom. The Hall–Kier alpha value is -1.40. The molecule has 0 fully saturated rings. The Bertz CT molecular complexity index is 551. The molecular formula is C13H14F2N2OS. The van der Waals surface area contributed by atoms with Crippen LogP contribution in [0.2, 0.25) is 0 Å². The minimum absolute atomic E-state index is 0.137. The Labute approximate surface area is 114 Å². The first-order valence-electron chi connectivity index (χ1n) is 5.92. The zero-order valence-electron chi connectivity index (χ0n) is 10.6. The van der Waals surface area contributed by atoms with E-state index in [2.05, 4.69) is 9.59 Å². The van der Waals surface area contributed by atoms with Crippen LogP contribution in [0.15, 0.2) is 18.2 Å². The third kappa shape index (κ3) is 3.33. The van der Waals surface area contributed by atoms with Gasteiger partial charge in [0, 0.05) is 12.5 Å². The lowest BCUT2D eigenvalue weighted by atomic mass is 10.0. The number of nitrogens with zero attached hydrogens (tertiary/aromatic N) is 2. The number of halogens is 2. The number of aliphatic hydroxyl groups is 1. The van der Waals surface area contributed by atoms with Crippen LogP contribution >= 0.6 is 11.5 Å². The highest BCUT2D eigenvalue weighted by molar-refractivity contribution is 7.05. The highest BCUT2D eigenvalue weighted by Gasteiger charge is 2.19. The van der Waals surface area contributed by atoms with Gasteiger partial charge in [0.2, 0.25) is 0 Å². The predicted molar refractivity (Wildman–Crippen MR) is 69.0 cm³/mol. The topological polar surface area (TPSA) is 46.0 Å². The van der Waals surface area contributed by atoms with Crippen LogP contribution < -0.4 is 0 Å². The first kappa shape index (κ1) is 14.0. The first-order valence-corrected chi connectivity index (χ1v) is 6.70. The molecule has 19 heavy (non-hydrogen) atoms. The van der Waals surface area contributed by atoms with Gasteiger partial charge >= 0.3 is 0 Å².